The van der Waals surface area contributed by atoms with Crippen molar-refractivity contribution in [1.29, 1.82) is 0 Å². The lowest BCUT2D eigenvalue weighted by molar-refractivity contribution is 0.137. The topological polar surface area (TPSA) is 59.5 Å². The number of aromatic nitrogens is 1. The minimum absolute atomic E-state index is 0.198. The lowest BCUT2D eigenvalue weighted by atomic mass is 10.5. The molecule has 0 spiro atoms. The standard InChI is InChI=1S/C11H17ClN2O3S/c1-2-14(7-9-17-8-5-12)18(15,16)11-4-3-6-13-10-11/h3-4,6,10H,2,5,7-9H2,1H3. The van der Waals surface area contributed by atoms with Crippen molar-refractivity contribution in [2.45, 2.75) is 11.8 Å². The predicted molar refractivity (Wildman–Crippen MR) is 70.2 cm³/mol. The Morgan fingerprint density at radius 1 is 1.44 bits per heavy atom. The summed E-state index contributed by atoms with van der Waals surface area (Å²) in [5.41, 5.74) is 0. The van der Waals surface area contributed by atoms with E-state index in [-0.39, 0.29) is 4.90 Å². The first-order chi connectivity index (χ1) is 8.62. The molecule has 0 unspecified atom stereocenters. The number of nitrogens with zero attached hydrogens (tertiary/aromatic N) is 2. The van der Waals surface area contributed by atoms with Gasteiger partial charge in [0, 0.05) is 31.4 Å². The molecule has 7 heteroatoms. The predicted octanol–water partition coefficient (Wildman–Crippen LogP) is 1.35. The van der Waals surface area contributed by atoms with Gasteiger partial charge < -0.3 is 4.74 Å². The van der Waals surface area contributed by atoms with E-state index in [1.165, 1.54) is 16.6 Å². The number of likely N-dealkylation sites (N-methyl/N-ethyl adjacent to an activating group) is 1. The lowest BCUT2D eigenvalue weighted by Gasteiger charge is -2.20. The zero-order chi connectivity index (χ0) is 13.4. The Balaban J connectivity index is 2.69. The third-order valence-electron chi connectivity index (χ3n) is 2.33. The Bertz CT molecular complexity index is 439. The summed E-state index contributed by atoms with van der Waals surface area (Å²) in [6.07, 6.45) is 2.89. The van der Waals surface area contributed by atoms with Crippen LogP contribution in [0.3, 0.4) is 0 Å². The van der Waals surface area contributed by atoms with Crippen molar-refractivity contribution < 1.29 is 13.2 Å². The van der Waals surface area contributed by atoms with Gasteiger partial charge in [0.25, 0.3) is 0 Å². The molecule has 1 aromatic heterocycles. The molecule has 0 aliphatic heterocycles. The van der Waals surface area contributed by atoms with Crippen LogP contribution in [0.2, 0.25) is 0 Å². The van der Waals surface area contributed by atoms with E-state index >= 15 is 0 Å². The fourth-order valence-corrected chi connectivity index (χ4v) is 2.93. The molecule has 0 saturated heterocycles. The van der Waals surface area contributed by atoms with E-state index in [2.05, 4.69) is 4.98 Å². The zero-order valence-corrected chi connectivity index (χ0v) is 11.8. The minimum Gasteiger partial charge on any atom is -0.379 e. The second kappa shape index (κ2) is 7.68. The van der Waals surface area contributed by atoms with Crippen LogP contribution in [0.25, 0.3) is 0 Å². The van der Waals surface area contributed by atoms with Gasteiger partial charge in [0.1, 0.15) is 4.90 Å². The molecule has 0 aliphatic rings. The second-order valence-corrected chi connectivity index (χ2v) is 5.80. The van der Waals surface area contributed by atoms with Crippen molar-refractivity contribution in [1.82, 2.24) is 9.29 Å². The van der Waals surface area contributed by atoms with Gasteiger partial charge in [-0.3, -0.25) is 4.98 Å². The smallest absolute Gasteiger partial charge is 0.244 e. The molecule has 5 nitrogen and oxygen atoms in total. The number of rotatable bonds is 8. The highest BCUT2D eigenvalue weighted by molar-refractivity contribution is 7.89. The van der Waals surface area contributed by atoms with Crippen molar-refractivity contribution in [2.75, 3.05) is 32.2 Å². The molecule has 0 amide bonds. The number of sulfonamides is 1. The average Bonchev–Trinajstić information content (AvgIpc) is 2.39. The van der Waals surface area contributed by atoms with E-state index in [4.69, 9.17) is 16.3 Å². The average molecular weight is 293 g/mol. The maximum Gasteiger partial charge on any atom is 0.244 e. The largest absolute Gasteiger partial charge is 0.379 e. The Kier molecular flexibility index (Phi) is 6.56. The van der Waals surface area contributed by atoms with E-state index in [0.717, 1.165) is 0 Å². The number of ether oxygens (including phenoxy) is 1. The zero-order valence-electron chi connectivity index (χ0n) is 10.3. The summed E-state index contributed by atoms with van der Waals surface area (Å²) in [6.45, 7) is 3.24. The van der Waals surface area contributed by atoms with Crippen LogP contribution in [0.4, 0.5) is 0 Å². The first-order valence-electron chi connectivity index (χ1n) is 5.66. The Morgan fingerprint density at radius 3 is 2.78 bits per heavy atom. The van der Waals surface area contributed by atoms with Gasteiger partial charge in [0.2, 0.25) is 10.0 Å². The SMILES string of the molecule is CCN(CCOCCCl)S(=O)(=O)c1cccnc1. The number of hydrogen-bond donors (Lipinski definition) is 0. The van der Waals surface area contributed by atoms with Gasteiger partial charge in [-0.1, -0.05) is 6.92 Å². The van der Waals surface area contributed by atoms with Crippen molar-refractivity contribution in [3.63, 3.8) is 0 Å². The van der Waals surface area contributed by atoms with Gasteiger partial charge in [-0.15, -0.1) is 11.6 Å². The highest BCUT2D eigenvalue weighted by atomic mass is 35.5. The summed E-state index contributed by atoms with van der Waals surface area (Å²) in [7, 11) is -3.48. The highest BCUT2D eigenvalue weighted by Gasteiger charge is 2.22. The van der Waals surface area contributed by atoms with Crippen LogP contribution < -0.4 is 0 Å². The van der Waals surface area contributed by atoms with Crippen molar-refractivity contribution >= 4 is 21.6 Å². The second-order valence-electron chi connectivity index (χ2n) is 3.49. The molecule has 102 valence electrons. The number of hydrogen-bond acceptors (Lipinski definition) is 4. The summed E-state index contributed by atoms with van der Waals surface area (Å²) < 4.78 is 31.0. The Hall–Kier alpha value is -0.690. The minimum atomic E-state index is -3.48. The molecule has 1 aromatic rings. The molecule has 1 heterocycles. The number of alkyl halides is 1. The molecule has 0 N–H and O–H groups in total. The summed E-state index contributed by atoms with van der Waals surface area (Å²) in [5.74, 6) is 0.404. The first kappa shape index (κ1) is 15.4. The molecule has 0 bridgehead atoms. The van der Waals surface area contributed by atoms with E-state index < -0.39 is 10.0 Å². The van der Waals surface area contributed by atoms with Crippen molar-refractivity contribution in [2.24, 2.45) is 0 Å². The van der Waals surface area contributed by atoms with Gasteiger partial charge in [-0.2, -0.15) is 4.31 Å². The number of pyridine rings is 1. The molecule has 0 aliphatic carbocycles. The van der Waals surface area contributed by atoms with Gasteiger partial charge >= 0.3 is 0 Å². The molecular weight excluding hydrogens is 276 g/mol. The normalized spacial score (nSPS) is 11.9. The summed E-state index contributed by atoms with van der Waals surface area (Å²) in [5, 5.41) is 0. The summed E-state index contributed by atoms with van der Waals surface area (Å²) in [4.78, 5) is 4.02. The molecule has 0 saturated carbocycles. The molecule has 18 heavy (non-hydrogen) atoms. The lowest BCUT2D eigenvalue weighted by Crippen LogP contribution is -2.34. The maximum atomic E-state index is 12.2. The maximum absolute atomic E-state index is 12.2. The molecule has 1 rings (SSSR count). The van der Waals surface area contributed by atoms with Gasteiger partial charge in [0.15, 0.2) is 0 Å². The monoisotopic (exact) mass is 292 g/mol. The molecule has 0 atom stereocenters. The van der Waals surface area contributed by atoms with Crippen LogP contribution in [-0.4, -0.2) is 49.9 Å². The Labute approximate surface area is 113 Å². The van der Waals surface area contributed by atoms with Crippen LogP contribution in [0, 0.1) is 0 Å². The van der Waals surface area contributed by atoms with Crippen LogP contribution in [0.15, 0.2) is 29.4 Å². The third kappa shape index (κ3) is 4.20. The molecule has 0 aromatic carbocycles. The van der Waals surface area contributed by atoms with E-state index in [1.807, 2.05) is 0 Å². The quantitative estimate of drug-likeness (QED) is 0.536. The molecule has 0 radical (unpaired) electrons. The fraction of sp³-hybridized carbons (Fsp3) is 0.545. The van der Waals surface area contributed by atoms with E-state index in [0.29, 0.717) is 32.2 Å². The van der Waals surface area contributed by atoms with Crippen LogP contribution in [0.5, 0.6) is 0 Å². The van der Waals surface area contributed by atoms with Gasteiger partial charge in [-0.05, 0) is 12.1 Å². The van der Waals surface area contributed by atoms with Crippen molar-refractivity contribution in [3.8, 4) is 0 Å². The van der Waals surface area contributed by atoms with Gasteiger partial charge in [0.05, 0.1) is 13.2 Å². The first-order valence-corrected chi connectivity index (χ1v) is 7.64. The van der Waals surface area contributed by atoms with Crippen LogP contribution in [0.1, 0.15) is 6.92 Å². The number of halogens is 1. The van der Waals surface area contributed by atoms with E-state index in [9.17, 15) is 8.42 Å². The van der Waals surface area contributed by atoms with Crippen LogP contribution >= 0.6 is 11.6 Å². The summed E-state index contributed by atoms with van der Waals surface area (Å²) >= 11 is 5.47. The summed E-state index contributed by atoms with van der Waals surface area (Å²) in [6, 6.07) is 3.13. The third-order valence-corrected chi connectivity index (χ3v) is 4.44. The Morgan fingerprint density at radius 2 is 2.22 bits per heavy atom. The van der Waals surface area contributed by atoms with Crippen molar-refractivity contribution in [3.05, 3.63) is 24.5 Å². The van der Waals surface area contributed by atoms with E-state index in [1.54, 1.807) is 19.2 Å². The fourth-order valence-electron chi connectivity index (χ4n) is 1.42. The van der Waals surface area contributed by atoms with Crippen LogP contribution in [-0.2, 0) is 14.8 Å². The molecular formula is C11H17ClN2O3S. The highest BCUT2D eigenvalue weighted by Crippen LogP contribution is 2.13. The molecule has 0 fully saturated rings. The van der Waals surface area contributed by atoms with Gasteiger partial charge in [-0.25, -0.2) is 8.42 Å².